The summed E-state index contributed by atoms with van der Waals surface area (Å²) in [5.74, 6) is -0.575. The zero-order valence-corrected chi connectivity index (χ0v) is 9.91. The second-order valence-corrected chi connectivity index (χ2v) is 5.27. The van der Waals surface area contributed by atoms with Crippen LogP contribution in [0.4, 0.5) is 13.2 Å². The Bertz CT molecular complexity index is 373. The predicted octanol–water partition coefficient (Wildman–Crippen LogP) is 2.06. The number of alkyl halides is 3. The Labute approximate surface area is 103 Å². The number of esters is 1. The van der Waals surface area contributed by atoms with Crippen LogP contribution in [0.3, 0.4) is 0 Å². The third kappa shape index (κ3) is 2.39. The van der Waals surface area contributed by atoms with Crippen molar-refractivity contribution in [2.75, 3.05) is 6.61 Å². The first-order chi connectivity index (χ1) is 8.21. The predicted molar refractivity (Wildman–Crippen MR) is 56.5 cm³/mol. The summed E-state index contributed by atoms with van der Waals surface area (Å²) in [5.41, 5.74) is -2.99. The van der Waals surface area contributed by atoms with Gasteiger partial charge in [-0.15, -0.1) is 0 Å². The molecule has 0 heterocycles. The number of aliphatic hydroxyl groups is 1. The fraction of sp³-hybridized carbons (Fsp3) is 0.750. The zero-order chi connectivity index (χ0) is 13.6. The van der Waals surface area contributed by atoms with E-state index in [0.717, 1.165) is 6.42 Å². The molecular weight excluding hydrogens is 249 g/mol. The molecule has 102 valence electrons. The van der Waals surface area contributed by atoms with Crippen LogP contribution in [0.2, 0.25) is 0 Å². The lowest BCUT2D eigenvalue weighted by molar-refractivity contribution is -0.266. The van der Waals surface area contributed by atoms with Crippen molar-refractivity contribution in [2.45, 2.75) is 31.5 Å². The molecule has 0 radical (unpaired) electrons. The van der Waals surface area contributed by atoms with E-state index in [-0.39, 0.29) is 11.8 Å². The average molecular weight is 264 g/mol. The van der Waals surface area contributed by atoms with E-state index in [1.54, 1.807) is 0 Å². The van der Waals surface area contributed by atoms with Crippen LogP contribution < -0.4 is 0 Å². The van der Waals surface area contributed by atoms with E-state index in [1.165, 1.54) is 0 Å². The lowest BCUT2D eigenvalue weighted by atomic mass is 9.94. The first-order valence-corrected chi connectivity index (χ1v) is 5.85. The van der Waals surface area contributed by atoms with Crippen LogP contribution in [0.5, 0.6) is 0 Å². The van der Waals surface area contributed by atoms with Gasteiger partial charge in [-0.05, 0) is 31.6 Å². The molecule has 1 fully saturated rings. The van der Waals surface area contributed by atoms with E-state index in [9.17, 15) is 18.0 Å². The van der Waals surface area contributed by atoms with Gasteiger partial charge >= 0.3 is 12.1 Å². The average Bonchev–Trinajstić information content (AvgIpc) is 2.85. The van der Waals surface area contributed by atoms with Crippen molar-refractivity contribution in [1.82, 2.24) is 0 Å². The van der Waals surface area contributed by atoms with Crippen molar-refractivity contribution in [3.63, 3.8) is 0 Å². The van der Waals surface area contributed by atoms with Gasteiger partial charge in [-0.25, -0.2) is 0 Å². The quantitative estimate of drug-likeness (QED) is 0.627. The third-order valence-electron chi connectivity index (χ3n) is 3.69. The lowest BCUT2D eigenvalue weighted by Gasteiger charge is -2.26. The monoisotopic (exact) mass is 264 g/mol. The number of ether oxygens (including phenoxy) is 1. The van der Waals surface area contributed by atoms with Gasteiger partial charge in [0.2, 0.25) is 0 Å². The second-order valence-electron chi connectivity index (χ2n) is 5.27. The normalized spacial score (nSPS) is 33.5. The number of allylic oxidation sites excluding steroid dienone is 2. The van der Waals surface area contributed by atoms with Crippen LogP contribution in [-0.2, 0) is 9.53 Å². The summed E-state index contributed by atoms with van der Waals surface area (Å²) in [6.45, 7) is -0.450. The summed E-state index contributed by atoms with van der Waals surface area (Å²) in [6.07, 6.45) is 0.647. The molecule has 0 spiro atoms. The highest BCUT2D eigenvalue weighted by Gasteiger charge is 2.51. The number of rotatable bonds is 3. The topological polar surface area (TPSA) is 46.5 Å². The summed E-state index contributed by atoms with van der Waals surface area (Å²) in [7, 11) is 0. The van der Waals surface area contributed by atoms with E-state index in [2.05, 4.69) is 4.74 Å². The van der Waals surface area contributed by atoms with E-state index < -0.39 is 24.4 Å². The van der Waals surface area contributed by atoms with E-state index >= 15 is 0 Å². The first-order valence-electron chi connectivity index (χ1n) is 5.85. The number of carbonyl (C=O) groups is 1. The molecule has 0 aliphatic heterocycles. The Hall–Kier alpha value is -1.04. The Balaban J connectivity index is 1.88. The maximum absolute atomic E-state index is 12.4. The van der Waals surface area contributed by atoms with E-state index in [1.807, 2.05) is 12.2 Å². The van der Waals surface area contributed by atoms with Crippen LogP contribution >= 0.6 is 0 Å². The van der Waals surface area contributed by atoms with Gasteiger partial charge < -0.3 is 9.84 Å². The van der Waals surface area contributed by atoms with Crippen LogP contribution in [0.1, 0.15) is 19.8 Å². The van der Waals surface area contributed by atoms with Gasteiger partial charge in [-0.3, -0.25) is 4.79 Å². The number of hydrogen-bond donors (Lipinski definition) is 1. The minimum absolute atomic E-state index is 0.0818. The molecule has 18 heavy (non-hydrogen) atoms. The SMILES string of the molecule is CC(O)(COC(=O)C1CC2C=CC1C2)C(F)(F)F. The Kier molecular flexibility index (Phi) is 3.17. The maximum atomic E-state index is 12.4. The van der Waals surface area contributed by atoms with Crippen molar-refractivity contribution >= 4 is 5.97 Å². The van der Waals surface area contributed by atoms with Gasteiger partial charge in [0.05, 0.1) is 5.92 Å². The van der Waals surface area contributed by atoms with Gasteiger partial charge in [0.25, 0.3) is 0 Å². The molecule has 1 N–H and O–H groups in total. The minimum atomic E-state index is -4.80. The molecule has 4 unspecified atom stereocenters. The van der Waals surface area contributed by atoms with Crippen LogP contribution in [0.15, 0.2) is 12.2 Å². The molecule has 0 aromatic heterocycles. The minimum Gasteiger partial charge on any atom is -0.462 e. The lowest BCUT2D eigenvalue weighted by Crippen LogP contribution is -2.47. The summed E-state index contributed by atoms with van der Waals surface area (Å²) in [4.78, 5) is 11.7. The molecule has 0 saturated heterocycles. The van der Waals surface area contributed by atoms with Gasteiger partial charge in [0.15, 0.2) is 5.60 Å². The summed E-state index contributed by atoms with van der Waals surface area (Å²) >= 11 is 0. The van der Waals surface area contributed by atoms with Crippen molar-refractivity contribution in [2.24, 2.45) is 17.8 Å². The number of hydrogen-bond acceptors (Lipinski definition) is 3. The van der Waals surface area contributed by atoms with Crippen LogP contribution in [-0.4, -0.2) is 29.5 Å². The zero-order valence-electron chi connectivity index (χ0n) is 9.91. The molecule has 0 amide bonds. The molecule has 2 bridgehead atoms. The molecule has 2 rings (SSSR count). The van der Waals surface area contributed by atoms with Crippen LogP contribution in [0, 0.1) is 17.8 Å². The number of fused-ring (bicyclic) bond motifs is 2. The molecule has 3 nitrogen and oxygen atoms in total. The molecule has 6 heteroatoms. The van der Waals surface area contributed by atoms with Gasteiger partial charge in [-0.2, -0.15) is 13.2 Å². The summed E-state index contributed by atoms with van der Waals surface area (Å²) in [6, 6.07) is 0. The molecule has 4 atom stereocenters. The number of carbonyl (C=O) groups excluding carboxylic acids is 1. The fourth-order valence-corrected chi connectivity index (χ4v) is 2.45. The fourth-order valence-electron chi connectivity index (χ4n) is 2.45. The second kappa shape index (κ2) is 4.26. The van der Waals surface area contributed by atoms with Crippen LogP contribution in [0.25, 0.3) is 0 Å². The van der Waals surface area contributed by atoms with Gasteiger partial charge in [-0.1, -0.05) is 12.2 Å². The van der Waals surface area contributed by atoms with Crippen molar-refractivity contribution in [3.05, 3.63) is 12.2 Å². The van der Waals surface area contributed by atoms with E-state index in [0.29, 0.717) is 19.3 Å². The molecule has 2 aliphatic rings. The summed E-state index contributed by atoms with van der Waals surface area (Å²) < 4.78 is 41.7. The van der Waals surface area contributed by atoms with Gasteiger partial charge in [0, 0.05) is 0 Å². The maximum Gasteiger partial charge on any atom is 0.420 e. The molecule has 1 saturated carbocycles. The molecule has 0 aromatic carbocycles. The Morgan fingerprint density at radius 1 is 1.39 bits per heavy atom. The first kappa shape index (κ1) is 13.4. The molecular formula is C12H15F3O3. The number of halogens is 3. The largest absolute Gasteiger partial charge is 0.462 e. The van der Waals surface area contributed by atoms with Crippen molar-refractivity contribution < 1.29 is 27.8 Å². The Morgan fingerprint density at radius 3 is 2.50 bits per heavy atom. The highest BCUT2D eigenvalue weighted by atomic mass is 19.4. The standard InChI is InChI=1S/C12H15F3O3/c1-11(17,12(13,14)15)6-18-10(16)9-5-7-2-3-8(9)4-7/h2-3,7-9,17H,4-6H2,1H3. The highest BCUT2D eigenvalue weighted by molar-refractivity contribution is 5.74. The molecule has 2 aliphatic carbocycles. The molecule has 0 aromatic rings. The Morgan fingerprint density at radius 2 is 2.06 bits per heavy atom. The van der Waals surface area contributed by atoms with Crippen molar-refractivity contribution in [3.8, 4) is 0 Å². The smallest absolute Gasteiger partial charge is 0.420 e. The summed E-state index contributed by atoms with van der Waals surface area (Å²) in [5, 5.41) is 9.16. The highest BCUT2D eigenvalue weighted by Crippen LogP contribution is 2.44. The van der Waals surface area contributed by atoms with Gasteiger partial charge in [0.1, 0.15) is 6.61 Å². The van der Waals surface area contributed by atoms with Crippen molar-refractivity contribution in [1.29, 1.82) is 0 Å². The third-order valence-corrected chi connectivity index (χ3v) is 3.69. The van der Waals surface area contributed by atoms with E-state index in [4.69, 9.17) is 5.11 Å².